The minimum absolute atomic E-state index is 0.106. The van der Waals surface area contributed by atoms with E-state index in [2.05, 4.69) is 9.71 Å². The summed E-state index contributed by atoms with van der Waals surface area (Å²) in [5.74, 6) is 0.106. The summed E-state index contributed by atoms with van der Waals surface area (Å²) in [6.07, 6.45) is 2.40. The molecule has 0 saturated heterocycles. The molecule has 1 N–H and O–H groups in total. The Labute approximate surface area is 88.4 Å². The molecule has 0 aliphatic heterocycles. The summed E-state index contributed by atoms with van der Waals surface area (Å²) in [5, 5.41) is 2.67. The van der Waals surface area contributed by atoms with Crippen LogP contribution in [0.5, 0.6) is 0 Å². The Morgan fingerprint density at radius 2 is 2.29 bits per heavy atom. The van der Waals surface area contributed by atoms with E-state index in [-0.39, 0.29) is 11.8 Å². The number of hydrogen-bond donors (Lipinski definition) is 1. The van der Waals surface area contributed by atoms with Crippen LogP contribution in [0.15, 0.2) is 11.6 Å². The highest BCUT2D eigenvalue weighted by atomic mass is 32.2. The van der Waals surface area contributed by atoms with Crippen molar-refractivity contribution < 1.29 is 8.42 Å². The van der Waals surface area contributed by atoms with Gasteiger partial charge in [-0.05, 0) is 13.3 Å². The second-order valence-electron chi connectivity index (χ2n) is 2.85. The molecule has 14 heavy (non-hydrogen) atoms. The summed E-state index contributed by atoms with van der Waals surface area (Å²) in [5.41, 5.74) is 0. The molecule has 0 amide bonds. The largest absolute Gasteiger partial charge is 0.248 e. The number of sulfonamides is 1. The van der Waals surface area contributed by atoms with Crippen molar-refractivity contribution in [2.45, 2.75) is 26.3 Å². The molecule has 1 aromatic heterocycles. The first-order valence-electron chi connectivity index (χ1n) is 4.48. The van der Waals surface area contributed by atoms with Crippen molar-refractivity contribution in [1.29, 1.82) is 0 Å². The van der Waals surface area contributed by atoms with Gasteiger partial charge in [-0.25, -0.2) is 18.1 Å². The number of thiazole rings is 1. The fraction of sp³-hybridized carbons (Fsp3) is 0.625. The Morgan fingerprint density at radius 3 is 2.71 bits per heavy atom. The third kappa shape index (κ3) is 3.04. The number of nitrogens with one attached hydrogen (secondary N) is 1. The molecule has 1 rings (SSSR count). The molecule has 0 radical (unpaired) electrons. The zero-order valence-corrected chi connectivity index (χ0v) is 9.86. The smallest absolute Gasteiger partial charge is 0.211 e. The first-order chi connectivity index (χ1) is 6.59. The first-order valence-corrected chi connectivity index (χ1v) is 7.01. The van der Waals surface area contributed by atoms with E-state index >= 15 is 0 Å². The fourth-order valence-corrected chi connectivity index (χ4v) is 2.74. The first kappa shape index (κ1) is 11.6. The van der Waals surface area contributed by atoms with E-state index in [1.807, 2.05) is 12.3 Å². The summed E-state index contributed by atoms with van der Waals surface area (Å²) in [6, 6.07) is -0.181. The van der Waals surface area contributed by atoms with Gasteiger partial charge >= 0.3 is 0 Å². The molecular weight excluding hydrogens is 220 g/mol. The molecule has 1 aromatic rings. The van der Waals surface area contributed by atoms with Crippen LogP contribution in [0, 0.1) is 0 Å². The predicted molar refractivity (Wildman–Crippen MR) is 57.7 cm³/mol. The number of rotatable bonds is 5. The van der Waals surface area contributed by atoms with E-state index in [0.717, 1.165) is 5.01 Å². The maximum Gasteiger partial charge on any atom is 0.211 e. The van der Waals surface area contributed by atoms with Crippen molar-refractivity contribution in [3.63, 3.8) is 0 Å². The summed E-state index contributed by atoms with van der Waals surface area (Å²) in [7, 11) is -3.14. The summed E-state index contributed by atoms with van der Waals surface area (Å²) in [6.45, 7) is 3.56. The molecule has 1 unspecified atom stereocenters. The molecule has 0 bridgehead atoms. The highest BCUT2D eigenvalue weighted by Gasteiger charge is 2.17. The second kappa shape index (κ2) is 4.86. The Bertz CT molecular complexity index is 359. The van der Waals surface area contributed by atoms with Crippen molar-refractivity contribution >= 4 is 21.4 Å². The summed E-state index contributed by atoms with van der Waals surface area (Å²) >= 11 is 1.47. The summed E-state index contributed by atoms with van der Waals surface area (Å²) in [4.78, 5) is 4.10. The topological polar surface area (TPSA) is 59.1 Å². The van der Waals surface area contributed by atoms with Crippen LogP contribution in [0.3, 0.4) is 0 Å². The van der Waals surface area contributed by atoms with E-state index < -0.39 is 10.0 Å². The third-order valence-electron chi connectivity index (χ3n) is 1.86. The molecule has 0 spiro atoms. The van der Waals surface area contributed by atoms with Crippen LogP contribution in [0.4, 0.5) is 0 Å². The lowest BCUT2D eigenvalue weighted by atomic mass is 10.3. The molecule has 6 heteroatoms. The van der Waals surface area contributed by atoms with Crippen molar-refractivity contribution in [3.05, 3.63) is 16.6 Å². The number of hydrogen-bond acceptors (Lipinski definition) is 4. The van der Waals surface area contributed by atoms with Crippen LogP contribution < -0.4 is 4.72 Å². The van der Waals surface area contributed by atoms with Gasteiger partial charge in [0.2, 0.25) is 10.0 Å². The molecule has 1 heterocycles. The van der Waals surface area contributed by atoms with Crippen LogP contribution in [0.2, 0.25) is 0 Å². The van der Waals surface area contributed by atoms with Gasteiger partial charge in [-0.15, -0.1) is 11.3 Å². The molecule has 0 fully saturated rings. The molecule has 1 atom stereocenters. The van der Waals surface area contributed by atoms with E-state index in [1.165, 1.54) is 11.3 Å². The molecule has 0 aliphatic rings. The van der Waals surface area contributed by atoms with Crippen LogP contribution in [-0.4, -0.2) is 19.2 Å². The molecular formula is C8H14N2O2S2. The van der Waals surface area contributed by atoms with Crippen LogP contribution in [0.25, 0.3) is 0 Å². The Hall–Kier alpha value is -0.460. The molecule has 0 saturated carbocycles. The van der Waals surface area contributed by atoms with Gasteiger partial charge in [0.1, 0.15) is 5.01 Å². The monoisotopic (exact) mass is 234 g/mol. The van der Waals surface area contributed by atoms with Gasteiger partial charge in [0, 0.05) is 11.6 Å². The fourth-order valence-electron chi connectivity index (χ4n) is 1.02. The highest BCUT2D eigenvalue weighted by molar-refractivity contribution is 7.89. The standard InChI is InChI=1S/C8H14N2O2S2/c1-3-7(8-9-5-6-13-8)10-14(11,12)4-2/h5-7,10H,3-4H2,1-2H3. The number of nitrogens with zero attached hydrogens (tertiary/aromatic N) is 1. The minimum Gasteiger partial charge on any atom is -0.248 e. The third-order valence-corrected chi connectivity index (χ3v) is 4.15. The normalized spacial score (nSPS) is 14.1. The second-order valence-corrected chi connectivity index (χ2v) is 5.82. The van der Waals surface area contributed by atoms with Gasteiger partial charge in [-0.1, -0.05) is 6.92 Å². The summed E-state index contributed by atoms with van der Waals surface area (Å²) < 4.78 is 25.3. The minimum atomic E-state index is -3.14. The highest BCUT2D eigenvalue weighted by Crippen LogP contribution is 2.19. The van der Waals surface area contributed by atoms with Crippen molar-refractivity contribution in [1.82, 2.24) is 9.71 Å². The van der Waals surface area contributed by atoms with Gasteiger partial charge in [0.15, 0.2) is 0 Å². The van der Waals surface area contributed by atoms with Crippen molar-refractivity contribution in [3.8, 4) is 0 Å². The zero-order valence-electron chi connectivity index (χ0n) is 8.23. The lowest BCUT2D eigenvalue weighted by molar-refractivity contribution is 0.550. The van der Waals surface area contributed by atoms with Gasteiger partial charge in [-0.3, -0.25) is 0 Å². The van der Waals surface area contributed by atoms with Crippen LogP contribution >= 0.6 is 11.3 Å². The van der Waals surface area contributed by atoms with E-state index in [1.54, 1.807) is 13.1 Å². The quantitative estimate of drug-likeness (QED) is 0.840. The zero-order chi connectivity index (χ0) is 10.6. The van der Waals surface area contributed by atoms with Gasteiger partial charge in [0.05, 0.1) is 11.8 Å². The average molecular weight is 234 g/mol. The maximum absolute atomic E-state index is 11.3. The average Bonchev–Trinajstić information content (AvgIpc) is 2.67. The SMILES string of the molecule is CCC(NS(=O)(=O)CC)c1nccs1. The van der Waals surface area contributed by atoms with E-state index in [9.17, 15) is 8.42 Å². The molecule has 0 aliphatic carbocycles. The Balaban J connectivity index is 2.75. The molecule has 0 aromatic carbocycles. The lowest BCUT2D eigenvalue weighted by Crippen LogP contribution is -2.29. The molecule has 4 nitrogen and oxygen atoms in total. The van der Waals surface area contributed by atoms with Gasteiger partial charge < -0.3 is 0 Å². The van der Waals surface area contributed by atoms with Crippen molar-refractivity contribution in [2.24, 2.45) is 0 Å². The number of aromatic nitrogens is 1. The van der Waals surface area contributed by atoms with E-state index in [0.29, 0.717) is 6.42 Å². The lowest BCUT2D eigenvalue weighted by Gasteiger charge is -2.13. The van der Waals surface area contributed by atoms with Gasteiger partial charge in [0.25, 0.3) is 0 Å². The predicted octanol–water partition coefficient (Wildman–Crippen LogP) is 1.53. The molecule has 80 valence electrons. The van der Waals surface area contributed by atoms with Crippen molar-refractivity contribution in [2.75, 3.05) is 5.75 Å². The van der Waals surface area contributed by atoms with Crippen LogP contribution in [-0.2, 0) is 10.0 Å². The Morgan fingerprint density at radius 1 is 1.57 bits per heavy atom. The van der Waals surface area contributed by atoms with Gasteiger partial charge in [-0.2, -0.15) is 0 Å². The van der Waals surface area contributed by atoms with E-state index in [4.69, 9.17) is 0 Å². The Kier molecular flexibility index (Phi) is 4.03. The maximum atomic E-state index is 11.3. The van der Waals surface area contributed by atoms with Crippen LogP contribution in [0.1, 0.15) is 31.3 Å².